The van der Waals surface area contributed by atoms with Crippen molar-refractivity contribution in [3.05, 3.63) is 96.1 Å². The summed E-state index contributed by atoms with van der Waals surface area (Å²) in [6.45, 7) is 2.26. The highest BCUT2D eigenvalue weighted by molar-refractivity contribution is 5.94. The Balaban J connectivity index is 1.49. The van der Waals surface area contributed by atoms with Crippen LogP contribution in [-0.2, 0) is 9.53 Å². The quantitative estimate of drug-likeness (QED) is 0.489. The van der Waals surface area contributed by atoms with Crippen LogP contribution in [-0.4, -0.2) is 30.1 Å². The zero-order valence-corrected chi connectivity index (χ0v) is 17.5. The zero-order chi connectivity index (χ0) is 22.1. The van der Waals surface area contributed by atoms with Crippen molar-refractivity contribution in [3.63, 3.8) is 0 Å². The van der Waals surface area contributed by atoms with E-state index in [4.69, 9.17) is 4.74 Å². The van der Waals surface area contributed by atoms with Gasteiger partial charge >= 0.3 is 5.97 Å². The van der Waals surface area contributed by atoms with Gasteiger partial charge in [-0.3, -0.25) is 9.59 Å². The summed E-state index contributed by atoms with van der Waals surface area (Å²) < 4.78 is 5.85. The molecule has 1 amide bonds. The first kappa shape index (κ1) is 22.2. The largest absolute Gasteiger partial charge is 0.481 e. The first-order valence-corrected chi connectivity index (χ1v) is 10.4. The van der Waals surface area contributed by atoms with Gasteiger partial charge in [0.15, 0.2) is 0 Å². The Kier molecular flexibility index (Phi) is 7.96. The van der Waals surface area contributed by atoms with Crippen molar-refractivity contribution in [2.75, 3.05) is 13.2 Å². The highest BCUT2D eigenvalue weighted by atomic mass is 16.5. The Morgan fingerprint density at radius 3 is 2.06 bits per heavy atom. The van der Waals surface area contributed by atoms with Crippen LogP contribution >= 0.6 is 0 Å². The van der Waals surface area contributed by atoms with E-state index in [0.29, 0.717) is 12.0 Å². The second kappa shape index (κ2) is 11.1. The number of ether oxygens (including phenoxy) is 1. The maximum atomic E-state index is 12.1. The lowest BCUT2D eigenvalue weighted by Gasteiger charge is -2.18. The van der Waals surface area contributed by atoms with Crippen LogP contribution in [0.15, 0.2) is 84.9 Å². The van der Waals surface area contributed by atoms with E-state index < -0.39 is 11.9 Å². The lowest BCUT2D eigenvalue weighted by atomic mass is 10.0. The Morgan fingerprint density at radius 1 is 0.871 bits per heavy atom. The van der Waals surface area contributed by atoms with Gasteiger partial charge in [-0.25, -0.2) is 0 Å². The first-order valence-electron chi connectivity index (χ1n) is 10.4. The minimum Gasteiger partial charge on any atom is -0.481 e. The maximum Gasteiger partial charge on any atom is 0.308 e. The minimum atomic E-state index is -0.930. The number of hydrogen-bond donors (Lipinski definition) is 2. The fraction of sp³-hybridized carbons (Fsp3) is 0.231. The summed E-state index contributed by atoms with van der Waals surface area (Å²) in [5, 5.41) is 12.3. The standard InChI is InChI=1S/C26H27NO4/c1-19(20-12-14-22(15-13-20)21-8-4-2-5-9-21)31-18-24(26(29)30)16-17-27-25(28)23-10-6-3-7-11-23/h2-15,19,24H,16-18H2,1H3,(H,27,28)(H,29,30). The van der Waals surface area contributed by atoms with Gasteiger partial charge in [0.25, 0.3) is 5.91 Å². The van der Waals surface area contributed by atoms with Crippen LogP contribution in [0.5, 0.6) is 0 Å². The van der Waals surface area contributed by atoms with E-state index >= 15 is 0 Å². The molecule has 0 saturated heterocycles. The van der Waals surface area contributed by atoms with Crippen molar-refractivity contribution in [1.29, 1.82) is 0 Å². The molecule has 0 aliphatic rings. The Labute approximate surface area is 182 Å². The van der Waals surface area contributed by atoms with E-state index in [2.05, 4.69) is 17.4 Å². The predicted molar refractivity (Wildman–Crippen MR) is 121 cm³/mol. The number of carboxylic acids is 1. The molecule has 31 heavy (non-hydrogen) atoms. The van der Waals surface area contributed by atoms with Gasteiger partial charge in [-0.2, -0.15) is 0 Å². The molecule has 2 atom stereocenters. The highest BCUT2D eigenvalue weighted by Gasteiger charge is 2.20. The van der Waals surface area contributed by atoms with Crippen molar-refractivity contribution >= 4 is 11.9 Å². The average Bonchev–Trinajstić information content (AvgIpc) is 2.82. The molecule has 2 unspecified atom stereocenters. The predicted octanol–water partition coefficient (Wildman–Crippen LogP) is 4.95. The molecule has 0 saturated carbocycles. The summed E-state index contributed by atoms with van der Waals surface area (Å²) in [4.78, 5) is 23.7. The number of carbonyl (C=O) groups is 2. The lowest BCUT2D eigenvalue weighted by Crippen LogP contribution is -2.29. The van der Waals surface area contributed by atoms with E-state index in [0.717, 1.165) is 16.7 Å². The van der Waals surface area contributed by atoms with Gasteiger partial charge in [0.05, 0.1) is 18.6 Å². The molecule has 0 aromatic heterocycles. The van der Waals surface area contributed by atoms with Gasteiger partial charge < -0.3 is 15.2 Å². The van der Waals surface area contributed by atoms with Crippen LogP contribution in [0.3, 0.4) is 0 Å². The van der Waals surface area contributed by atoms with Gasteiger partial charge in [-0.15, -0.1) is 0 Å². The molecule has 0 fully saturated rings. The SMILES string of the molecule is CC(OCC(CCNC(=O)c1ccccc1)C(=O)O)c1ccc(-c2ccccc2)cc1. The van der Waals surface area contributed by atoms with Crippen LogP contribution in [0.25, 0.3) is 11.1 Å². The number of hydrogen-bond acceptors (Lipinski definition) is 3. The third-order valence-electron chi connectivity index (χ3n) is 5.20. The number of aliphatic carboxylic acids is 1. The van der Waals surface area contributed by atoms with Gasteiger partial charge in [-0.1, -0.05) is 72.8 Å². The molecular formula is C26H27NO4. The van der Waals surface area contributed by atoms with Crippen LogP contribution in [0.1, 0.15) is 35.4 Å². The van der Waals surface area contributed by atoms with Gasteiger partial charge in [-0.05, 0) is 42.2 Å². The fourth-order valence-corrected chi connectivity index (χ4v) is 3.26. The number of carboxylic acid groups (broad SMARTS) is 1. The lowest BCUT2D eigenvalue weighted by molar-refractivity contribution is -0.144. The summed E-state index contributed by atoms with van der Waals surface area (Å²) >= 11 is 0. The molecule has 0 aliphatic carbocycles. The van der Waals surface area contributed by atoms with Crippen molar-refractivity contribution < 1.29 is 19.4 Å². The second-order valence-corrected chi connectivity index (χ2v) is 7.41. The normalized spacial score (nSPS) is 12.7. The Morgan fingerprint density at radius 2 is 1.45 bits per heavy atom. The van der Waals surface area contributed by atoms with E-state index in [1.54, 1.807) is 24.3 Å². The summed E-state index contributed by atoms with van der Waals surface area (Å²) in [5.74, 6) is -1.83. The van der Waals surface area contributed by atoms with E-state index in [9.17, 15) is 14.7 Å². The molecule has 0 spiro atoms. The van der Waals surface area contributed by atoms with Crippen molar-refractivity contribution in [2.45, 2.75) is 19.4 Å². The molecule has 160 valence electrons. The summed E-state index contributed by atoms with van der Waals surface area (Å²) in [7, 11) is 0. The molecule has 0 bridgehead atoms. The fourth-order valence-electron chi connectivity index (χ4n) is 3.26. The van der Waals surface area contributed by atoms with Crippen molar-refractivity contribution in [3.8, 4) is 11.1 Å². The van der Waals surface area contributed by atoms with Gasteiger partial charge in [0.1, 0.15) is 0 Å². The average molecular weight is 418 g/mol. The number of amides is 1. The second-order valence-electron chi connectivity index (χ2n) is 7.41. The zero-order valence-electron chi connectivity index (χ0n) is 17.5. The monoisotopic (exact) mass is 417 g/mol. The van der Waals surface area contributed by atoms with Gasteiger partial charge in [0.2, 0.25) is 0 Å². The molecule has 2 N–H and O–H groups in total. The summed E-state index contributed by atoms with van der Waals surface area (Å²) in [6.07, 6.45) is 0.0682. The molecule has 3 rings (SSSR count). The minimum absolute atomic E-state index is 0.0815. The van der Waals surface area contributed by atoms with Crippen molar-refractivity contribution in [2.24, 2.45) is 5.92 Å². The number of benzene rings is 3. The Hall–Kier alpha value is -3.44. The summed E-state index contributed by atoms with van der Waals surface area (Å²) in [5.41, 5.74) is 3.81. The third kappa shape index (κ3) is 6.52. The number of rotatable bonds is 10. The molecule has 0 aliphatic heterocycles. The van der Waals surface area contributed by atoms with Crippen LogP contribution in [0, 0.1) is 5.92 Å². The van der Waals surface area contributed by atoms with Crippen LogP contribution < -0.4 is 5.32 Å². The Bertz CT molecular complexity index is 971. The van der Waals surface area contributed by atoms with Crippen molar-refractivity contribution in [1.82, 2.24) is 5.32 Å². The number of nitrogens with one attached hydrogen (secondary N) is 1. The van der Waals surface area contributed by atoms with E-state index in [1.807, 2.05) is 55.5 Å². The van der Waals surface area contributed by atoms with E-state index in [1.165, 1.54) is 0 Å². The third-order valence-corrected chi connectivity index (χ3v) is 5.20. The molecule has 3 aromatic carbocycles. The first-order chi connectivity index (χ1) is 15.0. The smallest absolute Gasteiger partial charge is 0.308 e. The highest BCUT2D eigenvalue weighted by Crippen LogP contribution is 2.24. The van der Waals surface area contributed by atoms with Gasteiger partial charge in [0, 0.05) is 12.1 Å². The molecule has 5 heteroatoms. The maximum absolute atomic E-state index is 12.1. The van der Waals surface area contributed by atoms with E-state index in [-0.39, 0.29) is 25.2 Å². The molecular weight excluding hydrogens is 390 g/mol. The molecule has 3 aromatic rings. The summed E-state index contributed by atoms with van der Waals surface area (Å²) in [6, 6.07) is 27.1. The molecule has 5 nitrogen and oxygen atoms in total. The van der Waals surface area contributed by atoms with Crippen LogP contribution in [0.2, 0.25) is 0 Å². The van der Waals surface area contributed by atoms with Crippen LogP contribution in [0.4, 0.5) is 0 Å². The molecule has 0 radical (unpaired) electrons. The topological polar surface area (TPSA) is 75.6 Å². The number of carbonyl (C=O) groups excluding carboxylic acids is 1. The molecule has 0 heterocycles.